The third-order valence-corrected chi connectivity index (χ3v) is 8.16. The number of rotatable bonds is 13. The summed E-state index contributed by atoms with van der Waals surface area (Å²) in [5.41, 5.74) is 16.4. The maximum Gasteiger partial charge on any atom is 0.222 e. The standard InChI is InChI=1S/C17H34N4O.C15H31N5O/c1-14(18)19-11-7-5-6-8-16(22)20-15-9-12-21(13-10-15)17(2,3)4;1-15(2,3)20-11-9-19(10-12-20)13(21)7-5-4-6-8-18-14(16)17/h15H,5-13H2,1-4H3,(H2,18,19)(H,20,22);4-12H2,1-3H3,(H4,16,17,18). The van der Waals surface area contributed by atoms with E-state index in [0.29, 0.717) is 31.3 Å². The number of carbonyl (C=O) groups is 2. The number of carbonyl (C=O) groups excluding carboxylic acids is 2. The van der Waals surface area contributed by atoms with E-state index in [-0.39, 0.29) is 28.9 Å². The third-order valence-electron chi connectivity index (χ3n) is 8.16. The van der Waals surface area contributed by atoms with Gasteiger partial charge in [0.05, 0.1) is 5.84 Å². The molecule has 0 aromatic heterocycles. The number of likely N-dealkylation sites (tertiary alicyclic amines) is 1. The van der Waals surface area contributed by atoms with Crippen molar-refractivity contribution in [3.05, 3.63) is 0 Å². The third kappa shape index (κ3) is 18.1. The molecule has 0 aromatic rings. The summed E-state index contributed by atoms with van der Waals surface area (Å²) in [6.07, 6.45) is 9.21. The molecule has 0 atom stereocenters. The average Bonchev–Trinajstić information content (AvgIpc) is 2.92. The van der Waals surface area contributed by atoms with E-state index in [1.807, 2.05) is 4.90 Å². The number of piperazine rings is 1. The molecule has 0 aliphatic carbocycles. The number of nitrogens with one attached hydrogen (secondary N) is 1. The molecule has 43 heavy (non-hydrogen) atoms. The van der Waals surface area contributed by atoms with Crippen molar-refractivity contribution >= 4 is 23.6 Å². The van der Waals surface area contributed by atoms with Crippen molar-refractivity contribution in [3.8, 4) is 0 Å². The van der Waals surface area contributed by atoms with Crippen LogP contribution in [0.25, 0.3) is 0 Å². The van der Waals surface area contributed by atoms with Gasteiger partial charge in [0.1, 0.15) is 0 Å². The molecule has 0 aromatic carbocycles. The molecule has 2 rings (SSSR count). The fraction of sp³-hybridized carbons (Fsp3) is 0.875. The molecule has 7 N–H and O–H groups in total. The summed E-state index contributed by atoms with van der Waals surface area (Å²) in [6, 6.07) is 0.357. The van der Waals surface area contributed by atoms with Crippen LogP contribution in [0.15, 0.2) is 9.98 Å². The fourth-order valence-corrected chi connectivity index (χ4v) is 5.38. The molecule has 0 bridgehead atoms. The minimum Gasteiger partial charge on any atom is -0.388 e. The van der Waals surface area contributed by atoms with Gasteiger partial charge in [0.25, 0.3) is 0 Å². The monoisotopic (exact) mass is 608 g/mol. The molecule has 0 unspecified atom stereocenters. The minimum atomic E-state index is 0.141. The molecule has 11 heteroatoms. The van der Waals surface area contributed by atoms with Crippen LogP contribution in [0, 0.1) is 0 Å². The molecule has 250 valence electrons. The molecule has 0 saturated carbocycles. The van der Waals surface area contributed by atoms with Crippen LogP contribution in [-0.2, 0) is 9.59 Å². The van der Waals surface area contributed by atoms with Gasteiger partial charge in [-0.05, 0) is 87.0 Å². The van der Waals surface area contributed by atoms with E-state index in [9.17, 15) is 9.59 Å². The molecule has 2 aliphatic rings. The summed E-state index contributed by atoms with van der Waals surface area (Å²) in [4.78, 5) is 39.1. The highest BCUT2D eigenvalue weighted by Gasteiger charge is 2.28. The number of hydrogen-bond donors (Lipinski definition) is 4. The van der Waals surface area contributed by atoms with Gasteiger partial charge in [-0.3, -0.25) is 29.4 Å². The van der Waals surface area contributed by atoms with Gasteiger partial charge in [-0.2, -0.15) is 0 Å². The zero-order valence-corrected chi connectivity index (χ0v) is 28.6. The normalized spacial score (nSPS) is 17.7. The van der Waals surface area contributed by atoms with Gasteiger partial charge < -0.3 is 27.4 Å². The highest BCUT2D eigenvalue weighted by atomic mass is 16.2. The Morgan fingerprint density at radius 2 is 1.19 bits per heavy atom. The van der Waals surface area contributed by atoms with Crippen molar-refractivity contribution in [2.24, 2.45) is 27.2 Å². The second-order valence-electron chi connectivity index (χ2n) is 14.0. The number of unbranched alkanes of at least 4 members (excludes halogenated alkanes) is 4. The van der Waals surface area contributed by atoms with Gasteiger partial charge in [0.2, 0.25) is 11.8 Å². The molecule has 2 fully saturated rings. The van der Waals surface area contributed by atoms with E-state index in [4.69, 9.17) is 17.2 Å². The molecule has 2 aliphatic heterocycles. The van der Waals surface area contributed by atoms with Crippen molar-refractivity contribution in [1.82, 2.24) is 20.0 Å². The number of amides is 2. The molecule has 2 amide bonds. The van der Waals surface area contributed by atoms with Crippen molar-refractivity contribution in [1.29, 1.82) is 0 Å². The lowest BCUT2D eigenvalue weighted by atomic mass is 9.98. The number of piperidine rings is 1. The molecular formula is C32H65N9O2. The number of nitrogens with zero attached hydrogens (tertiary/aromatic N) is 5. The van der Waals surface area contributed by atoms with Crippen LogP contribution >= 0.6 is 0 Å². The Labute approximate surface area is 262 Å². The van der Waals surface area contributed by atoms with Crippen LogP contribution in [0.1, 0.15) is 113 Å². The van der Waals surface area contributed by atoms with Crippen LogP contribution in [0.5, 0.6) is 0 Å². The fourth-order valence-electron chi connectivity index (χ4n) is 5.38. The van der Waals surface area contributed by atoms with E-state index in [2.05, 4.69) is 66.6 Å². The lowest BCUT2D eigenvalue weighted by Gasteiger charge is -2.42. The van der Waals surface area contributed by atoms with Crippen LogP contribution in [0.4, 0.5) is 0 Å². The van der Waals surface area contributed by atoms with Crippen LogP contribution in [0.3, 0.4) is 0 Å². The topological polar surface area (TPSA) is 159 Å². The van der Waals surface area contributed by atoms with Gasteiger partial charge >= 0.3 is 0 Å². The second kappa shape index (κ2) is 19.8. The van der Waals surface area contributed by atoms with Crippen LogP contribution < -0.4 is 22.5 Å². The van der Waals surface area contributed by atoms with Gasteiger partial charge in [-0.15, -0.1) is 0 Å². The van der Waals surface area contributed by atoms with E-state index >= 15 is 0 Å². The first-order chi connectivity index (χ1) is 20.1. The minimum absolute atomic E-state index is 0.141. The maximum absolute atomic E-state index is 12.1. The molecule has 11 nitrogen and oxygen atoms in total. The average molecular weight is 608 g/mol. The first-order valence-corrected chi connectivity index (χ1v) is 16.5. The van der Waals surface area contributed by atoms with Crippen molar-refractivity contribution in [2.75, 3.05) is 52.4 Å². The summed E-state index contributed by atoms with van der Waals surface area (Å²) in [5.74, 6) is 1.26. The van der Waals surface area contributed by atoms with Gasteiger partial charge in [-0.1, -0.05) is 12.8 Å². The molecule has 2 saturated heterocycles. The predicted octanol–water partition coefficient (Wildman–Crippen LogP) is 3.07. The number of aliphatic imine (C=N–C) groups is 2. The van der Waals surface area contributed by atoms with E-state index < -0.39 is 0 Å². The Bertz CT molecular complexity index is 853. The first-order valence-electron chi connectivity index (χ1n) is 16.5. The summed E-state index contributed by atoms with van der Waals surface area (Å²) >= 11 is 0. The zero-order valence-electron chi connectivity index (χ0n) is 28.6. The van der Waals surface area contributed by atoms with E-state index in [0.717, 1.165) is 97.2 Å². The number of guanidine groups is 1. The van der Waals surface area contributed by atoms with Crippen molar-refractivity contribution in [2.45, 2.75) is 130 Å². The lowest BCUT2D eigenvalue weighted by molar-refractivity contribution is -0.133. The Morgan fingerprint density at radius 1 is 0.698 bits per heavy atom. The number of nitrogens with two attached hydrogens (primary N) is 3. The van der Waals surface area contributed by atoms with E-state index in [1.54, 1.807) is 6.92 Å². The van der Waals surface area contributed by atoms with Gasteiger partial charge in [0.15, 0.2) is 5.96 Å². The summed E-state index contributed by atoms with van der Waals surface area (Å²) in [5, 5.41) is 3.19. The second-order valence-corrected chi connectivity index (χ2v) is 14.0. The van der Waals surface area contributed by atoms with Crippen LogP contribution in [0.2, 0.25) is 0 Å². The van der Waals surface area contributed by atoms with Gasteiger partial charge in [0, 0.05) is 82.3 Å². The van der Waals surface area contributed by atoms with E-state index in [1.165, 1.54) is 0 Å². The molecule has 2 heterocycles. The summed E-state index contributed by atoms with van der Waals surface area (Å²) in [7, 11) is 0. The summed E-state index contributed by atoms with van der Waals surface area (Å²) in [6.45, 7) is 22.5. The Balaban J connectivity index is 0.000000430. The first kappa shape index (κ1) is 38.6. The largest absolute Gasteiger partial charge is 0.388 e. The number of amidine groups is 1. The van der Waals surface area contributed by atoms with Crippen LogP contribution in [-0.4, -0.2) is 108 Å². The Hall–Kier alpha value is -2.40. The molecular weight excluding hydrogens is 542 g/mol. The highest BCUT2D eigenvalue weighted by molar-refractivity contribution is 5.77. The lowest BCUT2D eigenvalue weighted by Crippen LogP contribution is -2.54. The smallest absolute Gasteiger partial charge is 0.222 e. The predicted molar refractivity (Wildman–Crippen MR) is 180 cm³/mol. The molecule has 0 spiro atoms. The highest BCUT2D eigenvalue weighted by Crippen LogP contribution is 2.20. The van der Waals surface area contributed by atoms with Crippen molar-refractivity contribution < 1.29 is 9.59 Å². The summed E-state index contributed by atoms with van der Waals surface area (Å²) < 4.78 is 0. The quantitative estimate of drug-likeness (QED) is 0.142. The zero-order chi connectivity index (χ0) is 32.5. The van der Waals surface area contributed by atoms with Crippen molar-refractivity contribution in [3.63, 3.8) is 0 Å². The molecule has 0 radical (unpaired) electrons. The Kier molecular flexibility index (Phi) is 17.8. The Morgan fingerprint density at radius 3 is 1.67 bits per heavy atom. The maximum atomic E-state index is 12.1. The van der Waals surface area contributed by atoms with Gasteiger partial charge in [-0.25, -0.2) is 0 Å². The number of hydrogen-bond acceptors (Lipinski definition) is 6. The SMILES string of the molecule is CC(C)(C)N1CCN(C(=O)CCCCCN=C(N)N)CC1.CC(N)=NCCCCCC(=O)NC1CCN(C(C)(C)C)CC1.